The monoisotopic (exact) mass is 307 g/mol. The molecule has 0 aromatic heterocycles. The second-order valence-electron chi connectivity index (χ2n) is 2.31. The Morgan fingerprint density at radius 3 is 2.46 bits per heavy atom. The molecule has 5 heteroatoms. The number of hydrogen-bond acceptors (Lipinski definition) is 3. The van der Waals surface area contributed by atoms with Crippen molar-refractivity contribution in [2.75, 3.05) is 12.8 Å². The molecule has 0 atom stereocenters. The lowest BCUT2D eigenvalue weighted by atomic mass is 10.2. The van der Waals surface area contributed by atoms with Gasteiger partial charge in [-0.2, -0.15) is 0 Å². The van der Waals surface area contributed by atoms with E-state index in [1.54, 1.807) is 12.1 Å². The van der Waals surface area contributed by atoms with Gasteiger partial charge >= 0.3 is 5.97 Å². The number of ether oxygens (including phenoxy) is 1. The number of esters is 1. The van der Waals surface area contributed by atoms with E-state index in [2.05, 4.69) is 36.6 Å². The number of carbonyl (C=O) groups excluding carboxylic acids is 1. The standard InChI is InChI=1S/C8H7Br2NO2/c1-13-8(12)6-4(9)2-3-5(10)7(6)11/h2-3H,11H2,1H3. The second-order valence-corrected chi connectivity index (χ2v) is 4.02. The molecule has 2 N–H and O–H groups in total. The van der Waals surface area contributed by atoms with E-state index in [1.165, 1.54) is 7.11 Å². The van der Waals surface area contributed by atoms with E-state index >= 15 is 0 Å². The Balaban J connectivity index is 3.33. The zero-order chi connectivity index (χ0) is 10.0. The molecule has 0 aliphatic heterocycles. The highest BCUT2D eigenvalue weighted by atomic mass is 79.9. The lowest BCUT2D eigenvalue weighted by Gasteiger charge is -2.07. The number of carbonyl (C=O) groups is 1. The van der Waals surface area contributed by atoms with Crippen LogP contribution in [0.2, 0.25) is 0 Å². The van der Waals surface area contributed by atoms with Crippen LogP contribution < -0.4 is 5.73 Å². The minimum Gasteiger partial charge on any atom is -0.465 e. The molecule has 0 heterocycles. The Hall–Kier alpha value is -0.550. The van der Waals surface area contributed by atoms with Crippen molar-refractivity contribution < 1.29 is 9.53 Å². The van der Waals surface area contributed by atoms with Gasteiger partial charge in [0, 0.05) is 8.95 Å². The molecule has 3 nitrogen and oxygen atoms in total. The van der Waals surface area contributed by atoms with Crippen molar-refractivity contribution in [3.8, 4) is 0 Å². The predicted octanol–water partition coefficient (Wildman–Crippen LogP) is 2.58. The van der Waals surface area contributed by atoms with Gasteiger partial charge in [0.15, 0.2) is 0 Å². The highest BCUT2D eigenvalue weighted by Gasteiger charge is 2.15. The van der Waals surface area contributed by atoms with Gasteiger partial charge in [-0.1, -0.05) is 0 Å². The molecule has 0 amide bonds. The third-order valence-corrected chi connectivity index (χ3v) is 2.88. The molecule has 0 aliphatic carbocycles. The molecule has 0 aliphatic rings. The lowest BCUT2D eigenvalue weighted by molar-refractivity contribution is 0.0601. The molecule has 0 spiro atoms. The fourth-order valence-electron chi connectivity index (χ4n) is 0.877. The maximum absolute atomic E-state index is 11.3. The quantitative estimate of drug-likeness (QED) is 0.641. The fourth-order valence-corrected chi connectivity index (χ4v) is 1.72. The second kappa shape index (κ2) is 4.11. The maximum atomic E-state index is 11.3. The third-order valence-electron chi connectivity index (χ3n) is 1.53. The molecule has 0 saturated heterocycles. The molecule has 0 unspecified atom stereocenters. The Morgan fingerprint density at radius 2 is 1.92 bits per heavy atom. The minimum atomic E-state index is -0.453. The van der Waals surface area contributed by atoms with E-state index in [4.69, 9.17) is 5.73 Å². The Labute approximate surface area is 92.5 Å². The number of benzene rings is 1. The number of halogens is 2. The molecule has 1 aromatic carbocycles. The lowest BCUT2D eigenvalue weighted by Crippen LogP contribution is -2.07. The average Bonchev–Trinajstić information content (AvgIpc) is 2.12. The van der Waals surface area contributed by atoms with Crippen LogP contribution in [0.1, 0.15) is 10.4 Å². The van der Waals surface area contributed by atoms with Crippen LogP contribution in [0.3, 0.4) is 0 Å². The van der Waals surface area contributed by atoms with Crippen molar-refractivity contribution in [1.82, 2.24) is 0 Å². The zero-order valence-corrected chi connectivity index (χ0v) is 9.98. The molecule has 13 heavy (non-hydrogen) atoms. The van der Waals surface area contributed by atoms with Crippen LogP contribution in [-0.4, -0.2) is 13.1 Å². The average molecular weight is 309 g/mol. The molecular formula is C8H7Br2NO2. The van der Waals surface area contributed by atoms with Crippen molar-refractivity contribution in [3.05, 3.63) is 26.6 Å². The Bertz CT molecular complexity index is 352. The van der Waals surface area contributed by atoms with E-state index in [-0.39, 0.29) is 0 Å². The zero-order valence-electron chi connectivity index (χ0n) is 6.80. The van der Waals surface area contributed by atoms with Gasteiger partial charge in [0.2, 0.25) is 0 Å². The Kier molecular flexibility index (Phi) is 3.33. The van der Waals surface area contributed by atoms with Crippen molar-refractivity contribution in [2.45, 2.75) is 0 Å². The summed E-state index contributed by atoms with van der Waals surface area (Å²) in [6, 6.07) is 3.48. The summed E-state index contributed by atoms with van der Waals surface area (Å²) in [6.07, 6.45) is 0. The summed E-state index contributed by atoms with van der Waals surface area (Å²) in [5.74, 6) is -0.453. The highest BCUT2D eigenvalue weighted by molar-refractivity contribution is 9.11. The van der Waals surface area contributed by atoms with Crippen molar-refractivity contribution >= 4 is 43.5 Å². The van der Waals surface area contributed by atoms with Crippen LogP contribution in [0.15, 0.2) is 21.1 Å². The molecule has 0 bridgehead atoms. The molecular weight excluding hydrogens is 302 g/mol. The first kappa shape index (κ1) is 10.5. The van der Waals surface area contributed by atoms with Gasteiger partial charge in [-0.05, 0) is 44.0 Å². The summed E-state index contributed by atoms with van der Waals surface area (Å²) in [5.41, 5.74) is 6.40. The summed E-state index contributed by atoms with van der Waals surface area (Å²) < 4.78 is 5.89. The predicted molar refractivity (Wildman–Crippen MR) is 57.6 cm³/mol. The largest absolute Gasteiger partial charge is 0.465 e. The van der Waals surface area contributed by atoms with Gasteiger partial charge in [-0.25, -0.2) is 4.79 Å². The van der Waals surface area contributed by atoms with Crippen LogP contribution in [0, 0.1) is 0 Å². The van der Waals surface area contributed by atoms with Crippen LogP contribution >= 0.6 is 31.9 Å². The van der Waals surface area contributed by atoms with Gasteiger partial charge in [-0.15, -0.1) is 0 Å². The fraction of sp³-hybridized carbons (Fsp3) is 0.125. The first-order valence-corrected chi connectivity index (χ1v) is 4.98. The van der Waals surface area contributed by atoms with Crippen molar-refractivity contribution in [1.29, 1.82) is 0 Å². The number of anilines is 1. The molecule has 1 aromatic rings. The molecule has 0 saturated carbocycles. The maximum Gasteiger partial charge on any atom is 0.341 e. The van der Waals surface area contributed by atoms with Gasteiger partial charge < -0.3 is 10.5 Å². The number of methoxy groups -OCH3 is 1. The van der Waals surface area contributed by atoms with E-state index in [1.807, 2.05) is 0 Å². The number of nitrogens with two attached hydrogens (primary N) is 1. The summed E-state index contributed by atoms with van der Waals surface area (Å²) in [4.78, 5) is 11.3. The molecule has 0 fully saturated rings. The van der Waals surface area contributed by atoms with Gasteiger partial charge in [0.1, 0.15) is 0 Å². The minimum absolute atomic E-state index is 0.344. The Morgan fingerprint density at radius 1 is 1.38 bits per heavy atom. The van der Waals surface area contributed by atoms with E-state index in [0.29, 0.717) is 20.2 Å². The normalized spacial score (nSPS) is 9.77. The van der Waals surface area contributed by atoms with Gasteiger partial charge in [0.05, 0.1) is 18.4 Å². The van der Waals surface area contributed by atoms with Crippen LogP contribution in [-0.2, 0) is 4.74 Å². The van der Waals surface area contributed by atoms with Crippen LogP contribution in [0.4, 0.5) is 5.69 Å². The van der Waals surface area contributed by atoms with Gasteiger partial charge in [-0.3, -0.25) is 0 Å². The molecule has 1 rings (SSSR count). The summed E-state index contributed by atoms with van der Waals surface area (Å²) in [7, 11) is 1.31. The van der Waals surface area contributed by atoms with Crippen molar-refractivity contribution in [2.24, 2.45) is 0 Å². The van der Waals surface area contributed by atoms with E-state index < -0.39 is 5.97 Å². The number of rotatable bonds is 1. The van der Waals surface area contributed by atoms with Crippen LogP contribution in [0.25, 0.3) is 0 Å². The first-order valence-electron chi connectivity index (χ1n) is 3.39. The topological polar surface area (TPSA) is 52.3 Å². The van der Waals surface area contributed by atoms with Gasteiger partial charge in [0.25, 0.3) is 0 Å². The number of hydrogen-bond donors (Lipinski definition) is 1. The van der Waals surface area contributed by atoms with E-state index in [0.717, 1.165) is 0 Å². The SMILES string of the molecule is COC(=O)c1c(Br)ccc(Br)c1N. The summed E-state index contributed by atoms with van der Waals surface area (Å²) in [6.45, 7) is 0. The molecule has 0 radical (unpaired) electrons. The number of nitrogen functional groups attached to an aromatic ring is 1. The summed E-state index contributed by atoms with van der Waals surface area (Å²) >= 11 is 6.45. The summed E-state index contributed by atoms with van der Waals surface area (Å²) in [5, 5.41) is 0. The molecule has 70 valence electrons. The van der Waals surface area contributed by atoms with E-state index in [9.17, 15) is 4.79 Å². The smallest absolute Gasteiger partial charge is 0.341 e. The third kappa shape index (κ3) is 2.03. The van der Waals surface area contributed by atoms with Crippen LogP contribution in [0.5, 0.6) is 0 Å². The first-order chi connectivity index (χ1) is 6.07. The highest BCUT2D eigenvalue weighted by Crippen LogP contribution is 2.30. The van der Waals surface area contributed by atoms with Crippen molar-refractivity contribution in [3.63, 3.8) is 0 Å².